The van der Waals surface area contributed by atoms with Crippen LogP contribution in [0.15, 0.2) is 18.2 Å². The van der Waals surface area contributed by atoms with E-state index in [4.69, 9.17) is 0 Å². The van der Waals surface area contributed by atoms with Crippen molar-refractivity contribution in [3.8, 4) is 0 Å². The fourth-order valence-corrected chi connectivity index (χ4v) is 2.95. The number of halogens is 1. The lowest BCUT2D eigenvalue weighted by atomic mass is 10.1. The summed E-state index contributed by atoms with van der Waals surface area (Å²) in [6.07, 6.45) is 1.49. The lowest BCUT2D eigenvalue weighted by molar-refractivity contribution is -0.117. The van der Waals surface area contributed by atoms with Gasteiger partial charge in [0.25, 0.3) is 5.91 Å². The van der Waals surface area contributed by atoms with Crippen molar-refractivity contribution in [2.45, 2.75) is 32.3 Å². The van der Waals surface area contributed by atoms with E-state index in [1.807, 2.05) is 6.92 Å². The maximum Gasteiger partial charge on any atom is 0.256 e. The smallest absolute Gasteiger partial charge is 0.256 e. The molecule has 2 unspecified atom stereocenters. The average Bonchev–Trinajstić information content (AvgIpc) is 3.26. The summed E-state index contributed by atoms with van der Waals surface area (Å²) in [5, 5.41) is 12.3. The Balaban J connectivity index is 1.78. The number of nitrogens with zero attached hydrogens (tertiary/aromatic N) is 1. The summed E-state index contributed by atoms with van der Waals surface area (Å²) < 4.78 is 13.6. The third kappa shape index (κ3) is 3.52. The maximum absolute atomic E-state index is 13.6. The molecule has 1 saturated carbocycles. The molecule has 2 fully saturated rings. The second kappa shape index (κ2) is 6.28. The van der Waals surface area contributed by atoms with Gasteiger partial charge in [0.15, 0.2) is 0 Å². The second-order valence-electron chi connectivity index (χ2n) is 6.52. The molecule has 2 aliphatic rings. The molecule has 1 aliphatic carbocycles. The van der Waals surface area contributed by atoms with Gasteiger partial charge in [-0.3, -0.25) is 9.59 Å². The number of hydrogen-bond acceptors (Lipinski definition) is 3. The van der Waals surface area contributed by atoms with Crippen LogP contribution < -0.4 is 5.32 Å². The molecule has 2 atom stereocenters. The molecule has 1 aliphatic heterocycles. The van der Waals surface area contributed by atoms with Crippen LogP contribution in [0.1, 0.15) is 36.5 Å². The van der Waals surface area contributed by atoms with E-state index >= 15 is 0 Å². The lowest BCUT2D eigenvalue weighted by Crippen LogP contribution is -2.40. The number of carbonyl (C=O) groups excluding carboxylic acids is 2. The van der Waals surface area contributed by atoms with Gasteiger partial charge in [0.1, 0.15) is 5.82 Å². The number of aliphatic hydroxyl groups is 1. The number of rotatable bonds is 3. The Bertz CT molecular complexity index is 626. The molecule has 0 radical (unpaired) electrons. The summed E-state index contributed by atoms with van der Waals surface area (Å²) in [5.41, 5.74) is 0.523. The molecule has 3 rings (SSSR count). The van der Waals surface area contributed by atoms with Gasteiger partial charge in [-0.05, 0) is 43.4 Å². The molecule has 124 valence electrons. The van der Waals surface area contributed by atoms with Crippen molar-refractivity contribution < 1.29 is 19.1 Å². The summed E-state index contributed by atoms with van der Waals surface area (Å²) in [7, 11) is 0. The molecule has 1 heterocycles. The van der Waals surface area contributed by atoms with Gasteiger partial charge in [0.05, 0.1) is 17.4 Å². The van der Waals surface area contributed by atoms with Crippen LogP contribution in [-0.2, 0) is 4.79 Å². The molecule has 1 aromatic rings. The molecule has 6 heteroatoms. The summed E-state index contributed by atoms with van der Waals surface area (Å²) in [6, 6.07) is 3.84. The van der Waals surface area contributed by atoms with Crippen LogP contribution >= 0.6 is 0 Å². The second-order valence-corrected chi connectivity index (χ2v) is 6.52. The number of amides is 2. The van der Waals surface area contributed by atoms with Crippen molar-refractivity contribution in [2.75, 3.05) is 18.4 Å². The van der Waals surface area contributed by atoms with E-state index < -0.39 is 5.82 Å². The molecule has 5 nitrogen and oxygen atoms in total. The van der Waals surface area contributed by atoms with E-state index in [0.717, 1.165) is 6.42 Å². The number of likely N-dealkylation sites (tertiary alicyclic amines) is 1. The Morgan fingerprint density at radius 3 is 2.57 bits per heavy atom. The Morgan fingerprint density at radius 2 is 1.96 bits per heavy atom. The SMILES string of the molecule is CC1CC1C(=O)Nc1ccc(F)cc1C(=O)N1CCC(O)CC1. The summed E-state index contributed by atoms with van der Waals surface area (Å²) in [5.74, 6) is -0.600. The quantitative estimate of drug-likeness (QED) is 0.895. The Hall–Kier alpha value is -1.95. The third-order valence-electron chi connectivity index (χ3n) is 4.67. The zero-order valence-electron chi connectivity index (χ0n) is 13.1. The van der Waals surface area contributed by atoms with E-state index in [-0.39, 0.29) is 29.4 Å². The van der Waals surface area contributed by atoms with Gasteiger partial charge in [-0.2, -0.15) is 0 Å². The highest BCUT2D eigenvalue weighted by Gasteiger charge is 2.39. The van der Waals surface area contributed by atoms with Gasteiger partial charge in [0.2, 0.25) is 5.91 Å². The molecule has 1 aromatic carbocycles. The highest BCUT2D eigenvalue weighted by Crippen LogP contribution is 2.38. The van der Waals surface area contributed by atoms with E-state index in [2.05, 4.69) is 5.32 Å². The number of carbonyl (C=O) groups is 2. The minimum Gasteiger partial charge on any atom is -0.393 e. The topological polar surface area (TPSA) is 69.6 Å². The first-order valence-electron chi connectivity index (χ1n) is 8.03. The van der Waals surface area contributed by atoms with Crippen molar-refractivity contribution in [1.82, 2.24) is 4.90 Å². The van der Waals surface area contributed by atoms with Crippen molar-refractivity contribution >= 4 is 17.5 Å². The largest absolute Gasteiger partial charge is 0.393 e. The van der Waals surface area contributed by atoms with Crippen LogP contribution in [0.25, 0.3) is 0 Å². The fraction of sp³-hybridized carbons (Fsp3) is 0.529. The van der Waals surface area contributed by atoms with Crippen molar-refractivity contribution in [3.63, 3.8) is 0 Å². The van der Waals surface area contributed by atoms with Gasteiger partial charge >= 0.3 is 0 Å². The highest BCUT2D eigenvalue weighted by molar-refractivity contribution is 6.04. The van der Waals surface area contributed by atoms with Crippen LogP contribution in [0.4, 0.5) is 10.1 Å². The minimum absolute atomic E-state index is 0.0202. The van der Waals surface area contributed by atoms with Crippen molar-refractivity contribution in [2.24, 2.45) is 11.8 Å². The lowest BCUT2D eigenvalue weighted by Gasteiger charge is -2.30. The van der Waals surface area contributed by atoms with Gasteiger partial charge in [0, 0.05) is 19.0 Å². The van der Waals surface area contributed by atoms with E-state index in [1.165, 1.54) is 18.2 Å². The number of piperidine rings is 1. The molecule has 2 amide bonds. The van der Waals surface area contributed by atoms with Crippen LogP contribution in [0.3, 0.4) is 0 Å². The number of benzene rings is 1. The maximum atomic E-state index is 13.6. The van der Waals surface area contributed by atoms with E-state index in [9.17, 15) is 19.1 Å². The molecule has 0 aromatic heterocycles. The van der Waals surface area contributed by atoms with Crippen LogP contribution in [0.2, 0.25) is 0 Å². The molecule has 23 heavy (non-hydrogen) atoms. The number of hydrogen-bond donors (Lipinski definition) is 2. The summed E-state index contributed by atoms with van der Waals surface area (Å²) in [6.45, 7) is 2.87. The Morgan fingerprint density at radius 1 is 1.30 bits per heavy atom. The van der Waals surface area contributed by atoms with E-state index in [0.29, 0.717) is 37.5 Å². The molecule has 2 N–H and O–H groups in total. The molecule has 1 saturated heterocycles. The van der Waals surface area contributed by atoms with Gasteiger partial charge in [-0.1, -0.05) is 6.92 Å². The molecular formula is C17H21FN2O3. The van der Waals surface area contributed by atoms with Gasteiger partial charge in [-0.25, -0.2) is 4.39 Å². The number of anilines is 1. The standard InChI is InChI=1S/C17H21FN2O3/c1-10-8-13(10)16(22)19-15-3-2-11(18)9-14(15)17(23)20-6-4-12(21)5-7-20/h2-3,9-10,12-13,21H,4-8H2,1H3,(H,19,22). The van der Waals surface area contributed by atoms with Gasteiger partial charge < -0.3 is 15.3 Å². The highest BCUT2D eigenvalue weighted by atomic mass is 19.1. The van der Waals surface area contributed by atoms with Crippen LogP contribution in [0, 0.1) is 17.7 Å². The minimum atomic E-state index is -0.511. The first-order valence-corrected chi connectivity index (χ1v) is 8.03. The normalized spacial score (nSPS) is 24.4. The zero-order chi connectivity index (χ0) is 16.6. The Labute approximate surface area is 134 Å². The predicted molar refractivity (Wildman–Crippen MR) is 83.4 cm³/mol. The van der Waals surface area contributed by atoms with E-state index in [1.54, 1.807) is 4.90 Å². The first kappa shape index (κ1) is 15.9. The van der Waals surface area contributed by atoms with Crippen LogP contribution in [-0.4, -0.2) is 41.0 Å². The molecule has 0 bridgehead atoms. The molecular weight excluding hydrogens is 299 g/mol. The zero-order valence-corrected chi connectivity index (χ0v) is 13.1. The van der Waals surface area contributed by atoms with Crippen molar-refractivity contribution in [1.29, 1.82) is 0 Å². The summed E-state index contributed by atoms with van der Waals surface area (Å²) >= 11 is 0. The number of aliphatic hydroxyl groups excluding tert-OH is 1. The fourth-order valence-electron chi connectivity index (χ4n) is 2.95. The van der Waals surface area contributed by atoms with Gasteiger partial charge in [-0.15, -0.1) is 0 Å². The third-order valence-corrected chi connectivity index (χ3v) is 4.67. The predicted octanol–water partition coefficient (Wildman–Crippen LogP) is 2.02. The van der Waals surface area contributed by atoms with Crippen molar-refractivity contribution in [3.05, 3.63) is 29.6 Å². The Kier molecular flexibility index (Phi) is 4.35. The average molecular weight is 320 g/mol. The monoisotopic (exact) mass is 320 g/mol. The molecule has 0 spiro atoms. The summed E-state index contributed by atoms with van der Waals surface area (Å²) in [4.78, 5) is 26.3. The first-order chi connectivity index (χ1) is 11.0. The number of nitrogens with one attached hydrogen (secondary N) is 1. The van der Waals surface area contributed by atoms with Crippen LogP contribution in [0.5, 0.6) is 0 Å².